The van der Waals surface area contributed by atoms with Crippen molar-refractivity contribution in [2.24, 2.45) is 0 Å². The third-order valence-electron chi connectivity index (χ3n) is 5.61. The molecule has 1 amide bonds. The number of carbonyl (C=O) groups excluding carboxylic acids is 2. The van der Waals surface area contributed by atoms with E-state index < -0.39 is 35.1 Å². The van der Waals surface area contributed by atoms with Crippen LogP contribution in [0.25, 0.3) is 16.0 Å². The number of benzene rings is 3. The molecule has 5 rings (SSSR count). The fraction of sp³-hybridized carbons (Fsp3) is 0.115. The molecule has 1 aliphatic heterocycles. The van der Waals surface area contributed by atoms with Gasteiger partial charge in [0.2, 0.25) is 0 Å². The summed E-state index contributed by atoms with van der Waals surface area (Å²) >= 11 is 1.06. The lowest BCUT2D eigenvalue weighted by atomic mass is 9.95. The van der Waals surface area contributed by atoms with E-state index in [4.69, 9.17) is 4.74 Å². The SMILES string of the molecule is CCOc1ccc([C@H]2C(=C(O)c3ccc(F)cc3)C(=O)C(=O)N2c2nc3ccc(F)cc3s2)cc1. The molecule has 1 aliphatic rings. The molecule has 0 saturated carbocycles. The summed E-state index contributed by atoms with van der Waals surface area (Å²) in [6.07, 6.45) is 0. The Labute approximate surface area is 202 Å². The van der Waals surface area contributed by atoms with Crippen molar-refractivity contribution in [3.05, 3.63) is 95.1 Å². The Hall–Kier alpha value is -4.11. The zero-order valence-electron chi connectivity index (χ0n) is 18.4. The maximum absolute atomic E-state index is 13.8. The van der Waals surface area contributed by atoms with E-state index >= 15 is 0 Å². The highest BCUT2D eigenvalue weighted by molar-refractivity contribution is 7.22. The molecule has 0 unspecified atom stereocenters. The topological polar surface area (TPSA) is 79.7 Å². The summed E-state index contributed by atoms with van der Waals surface area (Å²) in [5, 5.41) is 11.3. The highest BCUT2D eigenvalue weighted by Crippen LogP contribution is 2.44. The van der Waals surface area contributed by atoms with E-state index in [0.29, 0.717) is 28.1 Å². The number of rotatable bonds is 5. The van der Waals surface area contributed by atoms with Crippen molar-refractivity contribution >= 4 is 44.1 Å². The summed E-state index contributed by atoms with van der Waals surface area (Å²) in [6.45, 7) is 2.31. The van der Waals surface area contributed by atoms with Crippen molar-refractivity contribution in [3.8, 4) is 5.75 Å². The first-order valence-corrected chi connectivity index (χ1v) is 11.5. The summed E-state index contributed by atoms with van der Waals surface area (Å²) in [7, 11) is 0. The molecular formula is C26H18F2N2O4S. The van der Waals surface area contributed by atoms with Crippen molar-refractivity contribution in [2.45, 2.75) is 13.0 Å². The maximum atomic E-state index is 13.8. The molecule has 4 aromatic rings. The van der Waals surface area contributed by atoms with Gasteiger partial charge in [-0.25, -0.2) is 13.8 Å². The van der Waals surface area contributed by atoms with E-state index in [0.717, 1.165) is 23.5 Å². The molecular weight excluding hydrogens is 474 g/mol. The van der Waals surface area contributed by atoms with Gasteiger partial charge in [0.1, 0.15) is 23.1 Å². The first-order chi connectivity index (χ1) is 16.9. The second-order valence-electron chi connectivity index (χ2n) is 7.79. The number of nitrogens with zero attached hydrogens (tertiary/aromatic N) is 2. The first kappa shape index (κ1) is 22.7. The number of ether oxygens (including phenoxy) is 1. The standard InChI is InChI=1S/C26H18F2N2O4S/c1-2-34-18-10-5-14(6-11-18)22-21(23(31)15-3-7-16(27)8-4-15)24(32)25(33)30(22)26-29-19-12-9-17(28)13-20(19)35-26/h3-13,22,31H,2H2,1H3/t22-/m0/s1. The van der Waals surface area contributed by atoms with Crippen LogP contribution in [-0.2, 0) is 9.59 Å². The van der Waals surface area contributed by atoms with E-state index in [1.54, 1.807) is 24.3 Å². The van der Waals surface area contributed by atoms with Crippen molar-refractivity contribution in [1.82, 2.24) is 4.98 Å². The van der Waals surface area contributed by atoms with Gasteiger partial charge in [-0.05, 0) is 67.1 Å². The summed E-state index contributed by atoms with van der Waals surface area (Å²) in [5.41, 5.74) is 1.03. The number of thiazole rings is 1. The predicted molar refractivity (Wildman–Crippen MR) is 128 cm³/mol. The minimum atomic E-state index is -1.01. The summed E-state index contributed by atoms with van der Waals surface area (Å²) in [4.78, 5) is 32.1. The normalized spacial score (nSPS) is 17.3. The minimum Gasteiger partial charge on any atom is -0.507 e. The zero-order valence-corrected chi connectivity index (χ0v) is 19.2. The Morgan fingerprint density at radius 1 is 1.03 bits per heavy atom. The Bertz CT molecular complexity index is 1480. The summed E-state index contributed by atoms with van der Waals surface area (Å²) < 4.78 is 33.2. The van der Waals surface area contributed by atoms with Gasteiger partial charge in [-0.3, -0.25) is 14.5 Å². The molecule has 2 heterocycles. The van der Waals surface area contributed by atoms with Crippen molar-refractivity contribution in [1.29, 1.82) is 0 Å². The molecule has 3 aromatic carbocycles. The third-order valence-corrected chi connectivity index (χ3v) is 6.63. The van der Waals surface area contributed by atoms with Crippen LogP contribution in [0.2, 0.25) is 0 Å². The van der Waals surface area contributed by atoms with Gasteiger partial charge in [0.15, 0.2) is 5.13 Å². The van der Waals surface area contributed by atoms with Gasteiger partial charge in [0.25, 0.3) is 5.78 Å². The molecule has 35 heavy (non-hydrogen) atoms. The van der Waals surface area contributed by atoms with Crippen LogP contribution in [0.5, 0.6) is 5.75 Å². The average Bonchev–Trinajstić information content (AvgIpc) is 3.37. The Balaban J connectivity index is 1.70. The van der Waals surface area contributed by atoms with Crippen LogP contribution in [0.3, 0.4) is 0 Å². The van der Waals surface area contributed by atoms with Gasteiger partial charge < -0.3 is 9.84 Å². The number of carbonyl (C=O) groups is 2. The Morgan fingerprint density at radius 2 is 1.71 bits per heavy atom. The van der Waals surface area contributed by atoms with Crippen LogP contribution in [-0.4, -0.2) is 28.4 Å². The van der Waals surface area contributed by atoms with Gasteiger partial charge >= 0.3 is 5.91 Å². The van der Waals surface area contributed by atoms with Gasteiger partial charge in [0.05, 0.1) is 28.4 Å². The van der Waals surface area contributed by atoms with Crippen molar-refractivity contribution in [2.75, 3.05) is 11.5 Å². The molecule has 1 saturated heterocycles. The molecule has 0 bridgehead atoms. The van der Waals surface area contributed by atoms with Gasteiger partial charge in [-0.1, -0.05) is 23.5 Å². The lowest BCUT2D eigenvalue weighted by molar-refractivity contribution is -0.132. The number of amides is 1. The number of hydrogen-bond donors (Lipinski definition) is 1. The first-order valence-electron chi connectivity index (χ1n) is 10.7. The highest BCUT2D eigenvalue weighted by Gasteiger charge is 2.48. The quantitative estimate of drug-likeness (QED) is 0.223. The van der Waals surface area contributed by atoms with Crippen LogP contribution in [0.15, 0.2) is 72.3 Å². The second kappa shape index (κ2) is 8.92. The Kier molecular flexibility index (Phi) is 5.78. The number of fused-ring (bicyclic) bond motifs is 1. The van der Waals surface area contributed by atoms with E-state index in [9.17, 15) is 23.5 Å². The molecule has 176 valence electrons. The van der Waals surface area contributed by atoms with Crippen LogP contribution in [0.1, 0.15) is 24.1 Å². The largest absolute Gasteiger partial charge is 0.507 e. The highest BCUT2D eigenvalue weighted by atomic mass is 32.1. The molecule has 1 aromatic heterocycles. The van der Waals surface area contributed by atoms with Crippen molar-refractivity contribution in [3.63, 3.8) is 0 Å². The second-order valence-corrected chi connectivity index (χ2v) is 8.80. The predicted octanol–water partition coefficient (Wildman–Crippen LogP) is 5.60. The minimum absolute atomic E-state index is 0.156. The summed E-state index contributed by atoms with van der Waals surface area (Å²) in [5.74, 6) is -2.58. The number of aliphatic hydroxyl groups excluding tert-OH is 1. The third kappa shape index (κ3) is 4.04. The van der Waals surface area contributed by atoms with E-state index in [2.05, 4.69) is 4.98 Å². The molecule has 1 fully saturated rings. The number of aliphatic hydroxyl groups is 1. The molecule has 0 spiro atoms. The van der Waals surface area contributed by atoms with Crippen LogP contribution < -0.4 is 9.64 Å². The number of aromatic nitrogens is 1. The van der Waals surface area contributed by atoms with Gasteiger partial charge in [-0.2, -0.15) is 0 Å². The smallest absolute Gasteiger partial charge is 0.301 e. The zero-order chi connectivity index (χ0) is 24.7. The maximum Gasteiger partial charge on any atom is 0.301 e. The number of ketones is 1. The number of halogens is 2. The van der Waals surface area contributed by atoms with E-state index in [-0.39, 0.29) is 16.3 Å². The fourth-order valence-corrected chi connectivity index (χ4v) is 5.03. The Morgan fingerprint density at radius 3 is 2.40 bits per heavy atom. The van der Waals surface area contributed by atoms with E-state index in [1.807, 2.05) is 6.92 Å². The summed E-state index contributed by atoms with van der Waals surface area (Å²) in [6, 6.07) is 14.8. The number of anilines is 1. The van der Waals surface area contributed by atoms with E-state index in [1.165, 1.54) is 35.2 Å². The molecule has 1 atom stereocenters. The van der Waals surface area contributed by atoms with Crippen molar-refractivity contribution < 1.29 is 28.2 Å². The lowest BCUT2D eigenvalue weighted by Crippen LogP contribution is -2.29. The fourth-order valence-electron chi connectivity index (χ4n) is 4.01. The molecule has 0 aliphatic carbocycles. The number of hydrogen-bond acceptors (Lipinski definition) is 6. The number of Topliss-reactive ketones (excluding diaryl/α,β-unsaturated/α-hetero) is 1. The molecule has 9 heteroatoms. The van der Waals surface area contributed by atoms with Gasteiger partial charge in [0, 0.05) is 5.56 Å². The lowest BCUT2D eigenvalue weighted by Gasteiger charge is -2.23. The van der Waals surface area contributed by atoms with Crippen LogP contribution in [0, 0.1) is 11.6 Å². The van der Waals surface area contributed by atoms with Gasteiger partial charge in [-0.15, -0.1) is 0 Å². The van der Waals surface area contributed by atoms with Crippen LogP contribution >= 0.6 is 11.3 Å². The monoisotopic (exact) mass is 492 g/mol. The average molecular weight is 493 g/mol. The molecule has 6 nitrogen and oxygen atoms in total. The molecule has 0 radical (unpaired) electrons. The van der Waals surface area contributed by atoms with Crippen LogP contribution in [0.4, 0.5) is 13.9 Å². The molecule has 1 N–H and O–H groups in total.